The fourth-order valence-corrected chi connectivity index (χ4v) is 3.14. The van der Waals surface area contributed by atoms with Crippen LogP contribution < -0.4 is 4.74 Å². The van der Waals surface area contributed by atoms with Crippen molar-refractivity contribution in [2.24, 2.45) is 11.8 Å². The number of carbonyl (C=O) groups is 1. The molecular weight excluding hydrogens is 292 g/mol. The van der Waals surface area contributed by atoms with Crippen LogP contribution in [0.1, 0.15) is 31.7 Å². The van der Waals surface area contributed by atoms with Crippen LogP contribution in [0.4, 0.5) is 0 Å². The number of hydrogen-bond acceptors (Lipinski definition) is 2. The highest BCUT2D eigenvalue weighted by Crippen LogP contribution is 2.33. The number of methoxy groups -OCH3 is 1. The van der Waals surface area contributed by atoms with Gasteiger partial charge < -0.3 is 4.74 Å². The first-order chi connectivity index (χ1) is 8.61. The van der Waals surface area contributed by atoms with Crippen molar-refractivity contribution < 1.29 is 9.53 Å². The number of hydrogen-bond donors (Lipinski definition) is 0. The monoisotopic (exact) mass is 310 g/mol. The van der Waals surface area contributed by atoms with Gasteiger partial charge >= 0.3 is 0 Å². The van der Waals surface area contributed by atoms with Crippen molar-refractivity contribution in [3.05, 3.63) is 28.2 Å². The third-order valence-electron chi connectivity index (χ3n) is 3.89. The number of ether oxygens (including phenoxy) is 1. The highest BCUT2D eigenvalue weighted by atomic mass is 79.9. The van der Waals surface area contributed by atoms with Gasteiger partial charge in [-0.3, -0.25) is 4.79 Å². The van der Waals surface area contributed by atoms with Crippen LogP contribution in [0.5, 0.6) is 5.75 Å². The maximum Gasteiger partial charge on any atom is 0.140 e. The molecule has 2 atom stereocenters. The van der Waals surface area contributed by atoms with Crippen LogP contribution in [0.3, 0.4) is 0 Å². The molecule has 0 heterocycles. The van der Waals surface area contributed by atoms with E-state index in [2.05, 4.69) is 22.9 Å². The van der Waals surface area contributed by atoms with Gasteiger partial charge in [-0.15, -0.1) is 0 Å². The molecule has 1 fully saturated rings. The molecule has 2 nitrogen and oxygen atoms in total. The van der Waals surface area contributed by atoms with Gasteiger partial charge in [0, 0.05) is 16.8 Å². The van der Waals surface area contributed by atoms with Crippen LogP contribution in [0, 0.1) is 11.8 Å². The van der Waals surface area contributed by atoms with Gasteiger partial charge in [0.1, 0.15) is 11.5 Å². The highest BCUT2D eigenvalue weighted by Gasteiger charge is 2.29. The first kappa shape index (κ1) is 13.6. The van der Waals surface area contributed by atoms with E-state index in [0.717, 1.165) is 22.2 Å². The third kappa shape index (κ3) is 2.94. The van der Waals surface area contributed by atoms with Crippen LogP contribution in [0.25, 0.3) is 0 Å². The molecule has 0 N–H and O–H groups in total. The zero-order chi connectivity index (χ0) is 13.1. The summed E-state index contributed by atoms with van der Waals surface area (Å²) in [6.45, 7) is 2.19. The van der Waals surface area contributed by atoms with Crippen molar-refractivity contribution in [2.75, 3.05) is 7.11 Å². The van der Waals surface area contributed by atoms with E-state index in [-0.39, 0.29) is 5.92 Å². The van der Waals surface area contributed by atoms with Crippen molar-refractivity contribution in [1.82, 2.24) is 0 Å². The molecular formula is C15H19BrO2. The number of ketones is 1. The molecule has 3 heteroatoms. The third-order valence-corrected chi connectivity index (χ3v) is 4.67. The molecule has 2 rings (SSSR count). The van der Waals surface area contributed by atoms with E-state index in [4.69, 9.17) is 4.74 Å². The summed E-state index contributed by atoms with van der Waals surface area (Å²) in [6.07, 6.45) is 3.95. The first-order valence-electron chi connectivity index (χ1n) is 6.47. The second kappa shape index (κ2) is 5.87. The van der Waals surface area contributed by atoms with Gasteiger partial charge in [-0.1, -0.05) is 29.3 Å². The van der Waals surface area contributed by atoms with Gasteiger partial charge in [0.2, 0.25) is 0 Å². The maximum atomic E-state index is 12.3. The minimum Gasteiger partial charge on any atom is -0.497 e. The summed E-state index contributed by atoms with van der Waals surface area (Å²) in [5.41, 5.74) is 1.03. The van der Waals surface area contributed by atoms with Crippen LogP contribution >= 0.6 is 15.9 Å². The maximum absolute atomic E-state index is 12.3. The Balaban J connectivity index is 2.11. The number of carbonyl (C=O) groups excluding carboxylic acids is 1. The molecule has 1 aliphatic rings. The van der Waals surface area contributed by atoms with Gasteiger partial charge in [-0.05, 0) is 42.5 Å². The van der Waals surface area contributed by atoms with E-state index >= 15 is 0 Å². The van der Waals surface area contributed by atoms with Crippen molar-refractivity contribution in [3.8, 4) is 5.75 Å². The van der Waals surface area contributed by atoms with Gasteiger partial charge in [0.15, 0.2) is 0 Å². The summed E-state index contributed by atoms with van der Waals surface area (Å²) in [5.74, 6) is 1.97. The van der Waals surface area contributed by atoms with Gasteiger partial charge in [0.05, 0.1) is 7.11 Å². The zero-order valence-electron chi connectivity index (χ0n) is 10.9. The predicted octanol–water partition coefficient (Wildman–Crippen LogP) is 4.01. The molecule has 2 unspecified atom stereocenters. The van der Waals surface area contributed by atoms with Crippen molar-refractivity contribution >= 4 is 21.7 Å². The van der Waals surface area contributed by atoms with Crippen molar-refractivity contribution in [1.29, 1.82) is 0 Å². The van der Waals surface area contributed by atoms with E-state index in [1.54, 1.807) is 7.11 Å². The summed E-state index contributed by atoms with van der Waals surface area (Å²) in [5, 5.41) is 0. The molecule has 0 bridgehead atoms. The van der Waals surface area contributed by atoms with Crippen molar-refractivity contribution in [2.45, 2.75) is 32.6 Å². The van der Waals surface area contributed by atoms with Crippen molar-refractivity contribution in [3.63, 3.8) is 0 Å². The lowest BCUT2D eigenvalue weighted by atomic mass is 9.90. The molecule has 1 aromatic carbocycles. The van der Waals surface area contributed by atoms with E-state index in [1.807, 2.05) is 18.2 Å². The Labute approximate surface area is 117 Å². The molecule has 0 spiro atoms. The second-order valence-corrected chi connectivity index (χ2v) is 5.97. The Morgan fingerprint density at radius 3 is 2.83 bits per heavy atom. The highest BCUT2D eigenvalue weighted by molar-refractivity contribution is 9.10. The molecule has 1 aromatic rings. The molecule has 0 radical (unpaired) electrons. The van der Waals surface area contributed by atoms with E-state index in [1.165, 1.54) is 12.8 Å². The average molecular weight is 311 g/mol. The predicted molar refractivity (Wildman–Crippen MR) is 75.9 cm³/mol. The molecule has 18 heavy (non-hydrogen) atoms. The SMILES string of the molecule is COc1ccc(Br)c(CC(=O)C2CCCC2C)c1. The standard InChI is InChI=1S/C15H19BrO2/c1-10-4-3-5-13(10)15(17)9-11-8-12(18-2)6-7-14(11)16/h6-8,10,13H,3-5,9H2,1-2H3. The van der Waals surface area contributed by atoms with Crippen LogP contribution in [-0.2, 0) is 11.2 Å². The number of benzene rings is 1. The molecule has 0 saturated heterocycles. The van der Waals surface area contributed by atoms with Gasteiger partial charge in [0.25, 0.3) is 0 Å². The molecule has 0 amide bonds. The van der Waals surface area contributed by atoms with Crippen LogP contribution in [0.2, 0.25) is 0 Å². The number of halogens is 1. The summed E-state index contributed by atoms with van der Waals surface area (Å²) < 4.78 is 6.19. The zero-order valence-corrected chi connectivity index (χ0v) is 12.5. The molecule has 98 valence electrons. The number of rotatable bonds is 4. The van der Waals surface area contributed by atoms with Crippen LogP contribution in [0.15, 0.2) is 22.7 Å². The quantitative estimate of drug-likeness (QED) is 0.840. The second-order valence-electron chi connectivity index (χ2n) is 5.12. The summed E-state index contributed by atoms with van der Waals surface area (Å²) in [6, 6.07) is 5.79. The Kier molecular flexibility index (Phi) is 4.44. The fraction of sp³-hybridized carbons (Fsp3) is 0.533. The first-order valence-corrected chi connectivity index (χ1v) is 7.26. The molecule has 1 saturated carbocycles. The van der Waals surface area contributed by atoms with E-state index in [9.17, 15) is 4.79 Å². The minimum atomic E-state index is 0.253. The van der Waals surface area contributed by atoms with Gasteiger partial charge in [-0.2, -0.15) is 0 Å². The number of Topliss-reactive ketones (excluding diaryl/α,β-unsaturated/α-hetero) is 1. The molecule has 1 aliphatic carbocycles. The smallest absolute Gasteiger partial charge is 0.140 e. The normalized spacial score (nSPS) is 23.1. The Morgan fingerprint density at radius 2 is 2.22 bits per heavy atom. The largest absolute Gasteiger partial charge is 0.497 e. The Morgan fingerprint density at radius 1 is 1.44 bits per heavy atom. The molecule has 0 aliphatic heterocycles. The van der Waals surface area contributed by atoms with E-state index < -0.39 is 0 Å². The Bertz CT molecular complexity index is 442. The van der Waals surface area contributed by atoms with Gasteiger partial charge in [-0.25, -0.2) is 0 Å². The van der Waals surface area contributed by atoms with Crippen LogP contribution in [-0.4, -0.2) is 12.9 Å². The summed E-state index contributed by atoms with van der Waals surface area (Å²) in [7, 11) is 1.65. The minimum absolute atomic E-state index is 0.253. The Hall–Kier alpha value is -0.830. The van der Waals surface area contributed by atoms with E-state index in [0.29, 0.717) is 18.1 Å². The average Bonchev–Trinajstić information content (AvgIpc) is 2.78. The lowest BCUT2D eigenvalue weighted by Gasteiger charge is -2.14. The lowest BCUT2D eigenvalue weighted by molar-refractivity contribution is -0.123. The fourth-order valence-electron chi connectivity index (χ4n) is 2.76. The summed E-state index contributed by atoms with van der Waals surface area (Å²) >= 11 is 3.50. The topological polar surface area (TPSA) is 26.3 Å². The molecule has 0 aromatic heterocycles. The summed E-state index contributed by atoms with van der Waals surface area (Å²) in [4.78, 5) is 12.3. The lowest BCUT2D eigenvalue weighted by Crippen LogP contribution is -2.19.